The van der Waals surface area contributed by atoms with E-state index in [0.717, 1.165) is 32.3 Å². The van der Waals surface area contributed by atoms with Crippen molar-refractivity contribution in [2.24, 2.45) is 0 Å². The molecule has 1 N–H and O–H groups in total. The molecule has 1 saturated heterocycles. The van der Waals surface area contributed by atoms with Crippen LogP contribution in [0.25, 0.3) is 0 Å². The SMILES string of the molecule is CC(OCC1CCCCO1)C(=O)Nc1cc2c(cc1Cl)OCCCO2. The van der Waals surface area contributed by atoms with Gasteiger partial charge in [0.05, 0.1) is 36.6 Å². The van der Waals surface area contributed by atoms with Gasteiger partial charge >= 0.3 is 0 Å². The van der Waals surface area contributed by atoms with E-state index in [1.54, 1.807) is 19.1 Å². The van der Waals surface area contributed by atoms with E-state index in [9.17, 15) is 4.79 Å². The molecule has 0 spiro atoms. The zero-order valence-electron chi connectivity index (χ0n) is 14.4. The fraction of sp³-hybridized carbons (Fsp3) is 0.611. The third-order valence-corrected chi connectivity index (χ3v) is 4.58. The number of carbonyl (C=O) groups is 1. The molecule has 0 aromatic heterocycles. The predicted octanol–water partition coefficient (Wildman–Crippen LogP) is 3.41. The van der Waals surface area contributed by atoms with E-state index in [1.807, 2.05) is 0 Å². The first-order valence-corrected chi connectivity index (χ1v) is 9.14. The fourth-order valence-electron chi connectivity index (χ4n) is 2.78. The molecule has 0 radical (unpaired) electrons. The highest BCUT2D eigenvalue weighted by Crippen LogP contribution is 2.37. The van der Waals surface area contributed by atoms with Crippen LogP contribution in [0.1, 0.15) is 32.6 Å². The quantitative estimate of drug-likeness (QED) is 0.861. The third-order valence-electron chi connectivity index (χ3n) is 4.27. The summed E-state index contributed by atoms with van der Waals surface area (Å²) in [7, 11) is 0. The van der Waals surface area contributed by atoms with Crippen molar-refractivity contribution in [3.8, 4) is 11.5 Å². The Morgan fingerprint density at radius 2 is 2.00 bits per heavy atom. The summed E-state index contributed by atoms with van der Waals surface area (Å²) in [6, 6.07) is 3.36. The molecule has 3 rings (SSSR count). The minimum absolute atomic E-state index is 0.0747. The van der Waals surface area contributed by atoms with Gasteiger partial charge in [-0.1, -0.05) is 11.6 Å². The van der Waals surface area contributed by atoms with E-state index >= 15 is 0 Å². The van der Waals surface area contributed by atoms with E-state index in [1.165, 1.54) is 0 Å². The van der Waals surface area contributed by atoms with Crippen LogP contribution in [-0.4, -0.2) is 44.5 Å². The number of ether oxygens (including phenoxy) is 4. The van der Waals surface area contributed by atoms with E-state index in [4.69, 9.17) is 30.5 Å². The van der Waals surface area contributed by atoms with Crippen LogP contribution in [0.2, 0.25) is 5.02 Å². The number of benzene rings is 1. The minimum Gasteiger partial charge on any atom is -0.490 e. The maximum atomic E-state index is 12.4. The molecule has 25 heavy (non-hydrogen) atoms. The highest BCUT2D eigenvalue weighted by Gasteiger charge is 2.21. The van der Waals surface area contributed by atoms with E-state index in [0.29, 0.717) is 42.0 Å². The van der Waals surface area contributed by atoms with Crippen molar-refractivity contribution in [1.29, 1.82) is 0 Å². The van der Waals surface area contributed by atoms with Gasteiger partial charge in [0.25, 0.3) is 5.91 Å². The summed E-state index contributed by atoms with van der Waals surface area (Å²) in [5.41, 5.74) is 0.486. The van der Waals surface area contributed by atoms with E-state index < -0.39 is 6.10 Å². The van der Waals surface area contributed by atoms with Gasteiger partial charge < -0.3 is 24.3 Å². The maximum absolute atomic E-state index is 12.4. The number of amides is 1. The summed E-state index contributed by atoms with van der Waals surface area (Å²) in [4.78, 5) is 12.4. The molecule has 2 aliphatic rings. The van der Waals surface area contributed by atoms with Crippen LogP contribution >= 0.6 is 11.6 Å². The lowest BCUT2D eigenvalue weighted by molar-refractivity contribution is -0.130. The average Bonchev–Trinajstić information content (AvgIpc) is 2.85. The Hall–Kier alpha value is -1.50. The van der Waals surface area contributed by atoms with Crippen molar-refractivity contribution in [2.75, 3.05) is 31.7 Å². The second-order valence-corrected chi connectivity index (χ2v) is 6.69. The summed E-state index contributed by atoms with van der Waals surface area (Å²) < 4.78 is 22.5. The Morgan fingerprint density at radius 3 is 2.72 bits per heavy atom. The first kappa shape index (κ1) is 18.3. The van der Waals surface area contributed by atoms with Gasteiger partial charge in [0.1, 0.15) is 6.10 Å². The molecule has 2 unspecified atom stereocenters. The van der Waals surface area contributed by atoms with Crippen molar-refractivity contribution in [1.82, 2.24) is 0 Å². The monoisotopic (exact) mass is 369 g/mol. The third kappa shape index (κ3) is 5.00. The van der Waals surface area contributed by atoms with Crippen molar-refractivity contribution in [2.45, 2.75) is 44.8 Å². The molecule has 0 saturated carbocycles. The van der Waals surface area contributed by atoms with Gasteiger partial charge in [0.15, 0.2) is 11.5 Å². The molecule has 1 aromatic rings. The number of fused-ring (bicyclic) bond motifs is 1. The molecular weight excluding hydrogens is 346 g/mol. The number of rotatable bonds is 5. The topological polar surface area (TPSA) is 66.0 Å². The van der Waals surface area contributed by atoms with Crippen molar-refractivity contribution >= 4 is 23.2 Å². The molecule has 138 valence electrons. The number of hydrogen-bond acceptors (Lipinski definition) is 5. The second-order valence-electron chi connectivity index (χ2n) is 6.28. The number of anilines is 1. The van der Waals surface area contributed by atoms with Crippen LogP contribution in [0.4, 0.5) is 5.69 Å². The summed E-state index contributed by atoms with van der Waals surface area (Å²) in [6.07, 6.45) is 3.49. The molecule has 0 bridgehead atoms. The molecule has 7 heteroatoms. The second kappa shape index (κ2) is 8.74. The fourth-order valence-corrected chi connectivity index (χ4v) is 2.98. The number of carbonyl (C=O) groups excluding carboxylic acids is 1. The molecule has 1 aromatic carbocycles. The highest BCUT2D eigenvalue weighted by atomic mass is 35.5. The van der Waals surface area contributed by atoms with Gasteiger partial charge in [-0.2, -0.15) is 0 Å². The molecular formula is C18H24ClNO5. The Kier molecular flexibility index (Phi) is 6.39. The number of hydrogen-bond donors (Lipinski definition) is 1. The van der Waals surface area contributed by atoms with Crippen LogP contribution < -0.4 is 14.8 Å². The molecule has 1 fully saturated rings. The van der Waals surface area contributed by atoms with Crippen molar-refractivity contribution < 1.29 is 23.7 Å². The molecule has 0 aliphatic carbocycles. The van der Waals surface area contributed by atoms with Gasteiger partial charge in [0.2, 0.25) is 0 Å². The smallest absolute Gasteiger partial charge is 0.253 e. The minimum atomic E-state index is -0.599. The number of halogens is 1. The van der Waals surface area contributed by atoms with Crippen molar-refractivity contribution in [3.05, 3.63) is 17.2 Å². The zero-order valence-corrected chi connectivity index (χ0v) is 15.1. The summed E-state index contributed by atoms with van der Waals surface area (Å²) in [6.45, 7) is 4.06. The lowest BCUT2D eigenvalue weighted by Crippen LogP contribution is -2.32. The zero-order chi connectivity index (χ0) is 17.6. The van der Waals surface area contributed by atoms with Gasteiger partial charge in [0, 0.05) is 25.2 Å². The lowest BCUT2D eigenvalue weighted by Gasteiger charge is -2.24. The summed E-state index contributed by atoms with van der Waals surface area (Å²) >= 11 is 6.25. The Morgan fingerprint density at radius 1 is 1.24 bits per heavy atom. The standard InChI is InChI=1S/C18H24ClNO5/c1-12(25-11-13-5-2-3-6-22-13)18(21)20-15-10-17-16(9-14(15)19)23-7-4-8-24-17/h9-10,12-13H,2-8,11H2,1H3,(H,20,21). The Labute approximate surface area is 152 Å². The van der Waals surface area contributed by atoms with Gasteiger partial charge in [-0.15, -0.1) is 0 Å². The Balaban J connectivity index is 1.57. The van der Waals surface area contributed by atoms with E-state index in [2.05, 4.69) is 5.32 Å². The largest absolute Gasteiger partial charge is 0.490 e. The normalized spacial score (nSPS) is 21.3. The lowest BCUT2D eigenvalue weighted by atomic mass is 10.1. The Bertz CT molecular complexity index is 603. The van der Waals surface area contributed by atoms with Gasteiger partial charge in [-0.3, -0.25) is 4.79 Å². The van der Waals surface area contributed by atoms with Crippen LogP contribution in [-0.2, 0) is 14.3 Å². The molecule has 2 aliphatic heterocycles. The van der Waals surface area contributed by atoms with Gasteiger partial charge in [-0.25, -0.2) is 0 Å². The number of nitrogens with one attached hydrogen (secondary N) is 1. The van der Waals surface area contributed by atoms with Crippen LogP contribution in [0.3, 0.4) is 0 Å². The highest BCUT2D eigenvalue weighted by molar-refractivity contribution is 6.34. The van der Waals surface area contributed by atoms with Gasteiger partial charge in [-0.05, 0) is 26.2 Å². The molecule has 2 heterocycles. The molecule has 1 amide bonds. The molecule has 2 atom stereocenters. The van der Waals surface area contributed by atoms with Crippen molar-refractivity contribution in [3.63, 3.8) is 0 Å². The average molecular weight is 370 g/mol. The molecule has 6 nitrogen and oxygen atoms in total. The van der Waals surface area contributed by atoms with Crippen LogP contribution in [0.5, 0.6) is 11.5 Å². The first-order chi connectivity index (χ1) is 12.1. The maximum Gasteiger partial charge on any atom is 0.253 e. The summed E-state index contributed by atoms with van der Waals surface area (Å²) in [5.74, 6) is 0.924. The first-order valence-electron chi connectivity index (χ1n) is 8.76. The van der Waals surface area contributed by atoms with E-state index in [-0.39, 0.29) is 12.0 Å². The predicted molar refractivity (Wildman–Crippen MR) is 94.7 cm³/mol. The van der Waals surface area contributed by atoms with Crippen LogP contribution in [0.15, 0.2) is 12.1 Å². The van der Waals surface area contributed by atoms with Crippen LogP contribution in [0, 0.1) is 0 Å². The summed E-state index contributed by atoms with van der Waals surface area (Å²) in [5, 5.41) is 3.20.